The van der Waals surface area contributed by atoms with Gasteiger partial charge in [0.25, 0.3) is 9.05 Å². The van der Waals surface area contributed by atoms with Crippen LogP contribution in [0.3, 0.4) is 0 Å². The Kier molecular flexibility index (Phi) is 2.53. The van der Waals surface area contributed by atoms with Gasteiger partial charge in [-0.15, -0.1) is 0 Å². The molecular formula is C8H11ClN2O2S. The van der Waals surface area contributed by atoms with Gasteiger partial charge in [0.1, 0.15) is 0 Å². The molecule has 2 rings (SSSR count). The van der Waals surface area contributed by atoms with Crippen LogP contribution in [0, 0.1) is 5.92 Å². The monoisotopic (exact) mass is 234 g/mol. The fraction of sp³-hybridized carbons (Fsp3) is 0.625. The van der Waals surface area contributed by atoms with Gasteiger partial charge in [0.15, 0.2) is 5.03 Å². The highest BCUT2D eigenvalue weighted by molar-refractivity contribution is 8.13. The number of aryl methyl sites for hydroxylation is 1. The molecule has 1 aromatic rings. The summed E-state index contributed by atoms with van der Waals surface area (Å²) in [7, 11) is 1.48. The third-order valence-electron chi connectivity index (χ3n) is 2.35. The molecule has 14 heavy (non-hydrogen) atoms. The maximum absolute atomic E-state index is 10.9. The van der Waals surface area contributed by atoms with Crippen LogP contribution in [-0.4, -0.2) is 18.0 Å². The molecule has 0 amide bonds. The molecule has 0 unspecified atom stereocenters. The molecule has 6 heteroatoms. The second-order valence-corrected chi connectivity index (χ2v) is 6.13. The van der Waals surface area contributed by atoms with Crippen molar-refractivity contribution in [3.63, 3.8) is 0 Å². The van der Waals surface area contributed by atoms with Gasteiger partial charge in [0.05, 0.1) is 6.33 Å². The lowest BCUT2D eigenvalue weighted by Gasteiger charge is -1.98. The summed E-state index contributed by atoms with van der Waals surface area (Å²) in [6, 6.07) is 0. The highest BCUT2D eigenvalue weighted by atomic mass is 35.7. The van der Waals surface area contributed by atoms with Crippen molar-refractivity contribution in [3.8, 4) is 0 Å². The Labute approximate surface area is 87.3 Å². The standard InChI is InChI=1S/C8H11ClN2O2S/c9-14(12,13)8-5-11(6-10-8)4-3-7-1-2-7/h5-7H,1-4H2. The molecular weight excluding hydrogens is 224 g/mol. The Morgan fingerprint density at radius 2 is 2.29 bits per heavy atom. The number of aromatic nitrogens is 2. The van der Waals surface area contributed by atoms with Gasteiger partial charge in [-0.1, -0.05) is 12.8 Å². The first-order valence-electron chi connectivity index (χ1n) is 4.52. The molecule has 1 aliphatic rings. The molecule has 0 spiro atoms. The van der Waals surface area contributed by atoms with E-state index < -0.39 is 9.05 Å². The van der Waals surface area contributed by atoms with Gasteiger partial charge in [-0.25, -0.2) is 13.4 Å². The molecule has 1 fully saturated rings. The molecule has 4 nitrogen and oxygen atoms in total. The van der Waals surface area contributed by atoms with E-state index in [0.29, 0.717) is 0 Å². The minimum absolute atomic E-state index is 0.0602. The topological polar surface area (TPSA) is 52.0 Å². The maximum atomic E-state index is 10.9. The molecule has 0 radical (unpaired) electrons. The van der Waals surface area contributed by atoms with Crippen molar-refractivity contribution in [3.05, 3.63) is 12.5 Å². The smallest absolute Gasteiger partial charge is 0.280 e. The molecule has 0 aromatic carbocycles. The minimum Gasteiger partial charge on any atom is -0.336 e. The summed E-state index contributed by atoms with van der Waals surface area (Å²) in [5, 5.41) is -0.0602. The van der Waals surface area contributed by atoms with Crippen LogP contribution in [0.4, 0.5) is 0 Å². The van der Waals surface area contributed by atoms with E-state index in [1.165, 1.54) is 25.4 Å². The summed E-state index contributed by atoms with van der Waals surface area (Å²) >= 11 is 0. The van der Waals surface area contributed by atoms with Gasteiger partial charge in [-0.05, 0) is 12.3 Å². The molecule has 0 saturated heterocycles. The molecule has 78 valence electrons. The lowest BCUT2D eigenvalue weighted by atomic mass is 10.3. The van der Waals surface area contributed by atoms with Crippen LogP contribution in [0.5, 0.6) is 0 Å². The summed E-state index contributed by atoms with van der Waals surface area (Å²) < 4.78 is 23.5. The van der Waals surface area contributed by atoms with Gasteiger partial charge in [0, 0.05) is 23.4 Å². The van der Waals surface area contributed by atoms with E-state index in [9.17, 15) is 8.42 Å². The SMILES string of the molecule is O=S(=O)(Cl)c1cn(CCC2CC2)cn1. The van der Waals surface area contributed by atoms with Crippen molar-refractivity contribution in [1.29, 1.82) is 0 Å². The molecule has 0 N–H and O–H groups in total. The first-order chi connectivity index (χ1) is 6.55. The first kappa shape index (κ1) is 9.98. The Hall–Kier alpha value is -0.550. The van der Waals surface area contributed by atoms with Crippen LogP contribution < -0.4 is 0 Å². The van der Waals surface area contributed by atoms with Crippen molar-refractivity contribution < 1.29 is 8.42 Å². The van der Waals surface area contributed by atoms with E-state index in [1.807, 2.05) is 0 Å². The molecule has 1 saturated carbocycles. The van der Waals surface area contributed by atoms with E-state index in [4.69, 9.17) is 10.7 Å². The number of halogens is 1. The van der Waals surface area contributed by atoms with Crippen LogP contribution in [0.1, 0.15) is 19.3 Å². The lowest BCUT2D eigenvalue weighted by Crippen LogP contribution is -1.95. The molecule has 1 aromatic heterocycles. The predicted molar refractivity (Wildman–Crippen MR) is 52.6 cm³/mol. The largest absolute Gasteiger partial charge is 0.336 e. The lowest BCUT2D eigenvalue weighted by molar-refractivity contribution is 0.593. The highest BCUT2D eigenvalue weighted by Crippen LogP contribution is 2.32. The number of hydrogen-bond donors (Lipinski definition) is 0. The highest BCUT2D eigenvalue weighted by Gasteiger charge is 2.21. The van der Waals surface area contributed by atoms with Gasteiger partial charge in [-0.3, -0.25) is 0 Å². The fourth-order valence-corrected chi connectivity index (χ4v) is 2.00. The van der Waals surface area contributed by atoms with Gasteiger partial charge >= 0.3 is 0 Å². The third kappa shape index (κ3) is 2.48. The second kappa shape index (κ2) is 3.55. The summed E-state index contributed by atoms with van der Waals surface area (Å²) in [5.74, 6) is 0.827. The summed E-state index contributed by atoms with van der Waals surface area (Å²) in [5.41, 5.74) is 0. The van der Waals surface area contributed by atoms with E-state index in [0.717, 1.165) is 18.9 Å². The summed E-state index contributed by atoms with van der Waals surface area (Å²) in [6.07, 6.45) is 6.69. The van der Waals surface area contributed by atoms with Gasteiger partial charge in [-0.2, -0.15) is 0 Å². The predicted octanol–water partition coefficient (Wildman–Crippen LogP) is 1.61. The van der Waals surface area contributed by atoms with Crippen LogP contribution in [0.15, 0.2) is 17.6 Å². The van der Waals surface area contributed by atoms with E-state index in [-0.39, 0.29) is 5.03 Å². The fourth-order valence-electron chi connectivity index (χ4n) is 1.33. The zero-order valence-corrected chi connectivity index (χ0v) is 9.13. The van der Waals surface area contributed by atoms with Crippen molar-refractivity contribution in [1.82, 2.24) is 9.55 Å². The zero-order valence-electron chi connectivity index (χ0n) is 7.56. The van der Waals surface area contributed by atoms with E-state index in [2.05, 4.69) is 4.98 Å². The zero-order chi connectivity index (χ0) is 10.2. The average Bonchev–Trinajstić information content (AvgIpc) is 2.77. The average molecular weight is 235 g/mol. The van der Waals surface area contributed by atoms with Crippen LogP contribution in [0.25, 0.3) is 0 Å². The number of rotatable bonds is 4. The Morgan fingerprint density at radius 3 is 2.79 bits per heavy atom. The first-order valence-corrected chi connectivity index (χ1v) is 6.83. The second-order valence-electron chi connectivity index (χ2n) is 3.62. The Morgan fingerprint density at radius 1 is 1.57 bits per heavy atom. The minimum atomic E-state index is -3.66. The Balaban J connectivity index is 2.01. The van der Waals surface area contributed by atoms with Crippen LogP contribution in [0.2, 0.25) is 0 Å². The molecule has 1 aliphatic carbocycles. The van der Waals surface area contributed by atoms with Crippen molar-refractivity contribution in [2.24, 2.45) is 5.92 Å². The van der Waals surface area contributed by atoms with Crippen molar-refractivity contribution >= 4 is 19.7 Å². The quantitative estimate of drug-likeness (QED) is 0.744. The van der Waals surface area contributed by atoms with E-state index >= 15 is 0 Å². The summed E-state index contributed by atoms with van der Waals surface area (Å²) in [4.78, 5) is 3.73. The molecule has 0 aliphatic heterocycles. The van der Waals surface area contributed by atoms with Gasteiger partial charge in [0.2, 0.25) is 0 Å². The van der Waals surface area contributed by atoms with Crippen molar-refractivity contribution in [2.75, 3.05) is 0 Å². The third-order valence-corrected chi connectivity index (χ3v) is 3.54. The van der Waals surface area contributed by atoms with Gasteiger partial charge < -0.3 is 4.57 Å². The molecule has 1 heterocycles. The Bertz CT molecular complexity index is 422. The molecule has 0 bridgehead atoms. The normalized spacial score (nSPS) is 17.2. The summed E-state index contributed by atoms with van der Waals surface area (Å²) in [6.45, 7) is 0.823. The van der Waals surface area contributed by atoms with Crippen LogP contribution >= 0.6 is 10.7 Å². The van der Waals surface area contributed by atoms with Crippen LogP contribution in [-0.2, 0) is 15.6 Å². The van der Waals surface area contributed by atoms with E-state index in [1.54, 1.807) is 4.57 Å². The van der Waals surface area contributed by atoms with Crippen molar-refractivity contribution in [2.45, 2.75) is 30.8 Å². The molecule has 0 atom stereocenters. The maximum Gasteiger partial charge on any atom is 0.280 e. The number of imidazole rings is 1. The number of nitrogens with zero attached hydrogens (tertiary/aromatic N) is 2. The number of hydrogen-bond acceptors (Lipinski definition) is 3.